The van der Waals surface area contributed by atoms with E-state index >= 15 is 0 Å². The van der Waals surface area contributed by atoms with E-state index in [2.05, 4.69) is 24.3 Å². The normalized spacial score (nSPS) is 12.6. The van der Waals surface area contributed by atoms with Gasteiger partial charge < -0.3 is 20.1 Å². The molecule has 0 aliphatic heterocycles. The number of rotatable bonds is 10. The Morgan fingerprint density at radius 2 is 1.53 bits per heavy atom. The molecule has 1 aromatic carbocycles. The Hall–Kier alpha value is -0.940. The molecule has 0 aliphatic carbocycles. The van der Waals surface area contributed by atoms with E-state index in [1.807, 2.05) is 0 Å². The van der Waals surface area contributed by atoms with Crippen LogP contribution in [0.2, 0.25) is 0 Å². The predicted molar refractivity (Wildman–Crippen MR) is 74.1 cm³/mol. The lowest BCUT2D eigenvalue weighted by Crippen LogP contribution is -2.19. The van der Waals surface area contributed by atoms with Gasteiger partial charge in [0.25, 0.3) is 0 Å². The third-order valence-corrected chi connectivity index (χ3v) is 2.92. The van der Waals surface area contributed by atoms with Gasteiger partial charge in [-0.05, 0) is 36.8 Å². The monoisotopic (exact) mass is 268 g/mol. The number of aryl methyl sites for hydroxylation is 2. The summed E-state index contributed by atoms with van der Waals surface area (Å²) in [5.41, 5.74) is 2.51. The van der Waals surface area contributed by atoms with Crippen LogP contribution in [0.3, 0.4) is 0 Å². The number of aliphatic hydroxyl groups excluding tert-OH is 3. The highest BCUT2D eigenvalue weighted by Crippen LogP contribution is 2.08. The summed E-state index contributed by atoms with van der Waals surface area (Å²) in [6, 6.07) is 8.41. The highest BCUT2D eigenvalue weighted by molar-refractivity contribution is 5.22. The van der Waals surface area contributed by atoms with Crippen molar-refractivity contribution in [3.05, 3.63) is 35.4 Å². The van der Waals surface area contributed by atoms with Gasteiger partial charge in [0.2, 0.25) is 0 Å². The first kappa shape index (κ1) is 16.1. The molecule has 4 heteroatoms. The standard InChI is InChI=1S/C15H24O4/c16-9-1-3-13-5-7-14(8-6-13)4-2-10-19-12-15(18)11-17/h5-8,15-18H,1-4,9-12H2. The van der Waals surface area contributed by atoms with Crippen molar-refractivity contribution < 1.29 is 20.1 Å². The van der Waals surface area contributed by atoms with Crippen molar-refractivity contribution in [1.82, 2.24) is 0 Å². The van der Waals surface area contributed by atoms with E-state index in [0.717, 1.165) is 25.7 Å². The zero-order valence-corrected chi connectivity index (χ0v) is 11.3. The molecule has 0 saturated heterocycles. The second-order valence-electron chi connectivity index (χ2n) is 4.66. The summed E-state index contributed by atoms with van der Waals surface area (Å²) < 4.78 is 5.25. The maximum absolute atomic E-state index is 9.08. The molecule has 1 unspecified atom stereocenters. The van der Waals surface area contributed by atoms with E-state index in [1.165, 1.54) is 11.1 Å². The lowest BCUT2D eigenvalue weighted by atomic mass is 10.0. The summed E-state index contributed by atoms with van der Waals surface area (Å²) in [4.78, 5) is 0. The van der Waals surface area contributed by atoms with Gasteiger partial charge in [-0.15, -0.1) is 0 Å². The van der Waals surface area contributed by atoms with Crippen LogP contribution in [0.15, 0.2) is 24.3 Å². The highest BCUT2D eigenvalue weighted by Gasteiger charge is 2.01. The van der Waals surface area contributed by atoms with Crippen LogP contribution in [0, 0.1) is 0 Å². The molecule has 0 aliphatic rings. The summed E-state index contributed by atoms with van der Waals surface area (Å²) in [6.07, 6.45) is 2.79. The molecule has 1 rings (SSSR count). The quantitative estimate of drug-likeness (QED) is 0.552. The Morgan fingerprint density at radius 1 is 0.947 bits per heavy atom. The fraction of sp³-hybridized carbons (Fsp3) is 0.600. The molecule has 108 valence electrons. The summed E-state index contributed by atoms with van der Waals surface area (Å²) in [5.74, 6) is 0. The minimum atomic E-state index is -0.772. The van der Waals surface area contributed by atoms with Crippen molar-refractivity contribution in [3.8, 4) is 0 Å². The van der Waals surface area contributed by atoms with Crippen molar-refractivity contribution in [1.29, 1.82) is 0 Å². The highest BCUT2D eigenvalue weighted by atomic mass is 16.5. The summed E-state index contributed by atoms with van der Waals surface area (Å²) in [6.45, 7) is 0.758. The fourth-order valence-electron chi connectivity index (χ4n) is 1.81. The minimum absolute atomic E-state index is 0.191. The van der Waals surface area contributed by atoms with Crippen molar-refractivity contribution >= 4 is 0 Å². The van der Waals surface area contributed by atoms with Gasteiger partial charge in [0.05, 0.1) is 13.2 Å². The molecule has 4 nitrogen and oxygen atoms in total. The van der Waals surface area contributed by atoms with Gasteiger partial charge in [-0.2, -0.15) is 0 Å². The lowest BCUT2D eigenvalue weighted by Gasteiger charge is -2.08. The second kappa shape index (κ2) is 9.92. The van der Waals surface area contributed by atoms with Gasteiger partial charge in [0, 0.05) is 13.2 Å². The molecule has 19 heavy (non-hydrogen) atoms. The van der Waals surface area contributed by atoms with E-state index in [-0.39, 0.29) is 19.8 Å². The SMILES string of the molecule is OCCCc1ccc(CCCOCC(O)CO)cc1. The lowest BCUT2D eigenvalue weighted by molar-refractivity contribution is 0.00575. The number of ether oxygens (including phenoxy) is 1. The van der Waals surface area contributed by atoms with Gasteiger partial charge in [0.15, 0.2) is 0 Å². The van der Waals surface area contributed by atoms with Gasteiger partial charge in [0.1, 0.15) is 6.10 Å². The molecule has 0 aromatic heterocycles. The second-order valence-corrected chi connectivity index (χ2v) is 4.66. The fourth-order valence-corrected chi connectivity index (χ4v) is 1.81. The minimum Gasteiger partial charge on any atom is -0.396 e. The van der Waals surface area contributed by atoms with Crippen LogP contribution >= 0.6 is 0 Å². The van der Waals surface area contributed by atoms with Gasteiger partial charge >= 0.3 is 0 Å². The maximum atomic E-state index is 9.08. The van der Waals surface area contributed by atoms with Crippen LogP contribution in [0.1, 0.15) is 24.0 Å². The van der Waals surface area contributed by atoms with E-state index in [0.29, 0.717) is 6.61 Å². The van der Waals surface area contributed by atoms with Gasteiger partial charge in [-0.1, -0.05) is 24.3 Å². The largest absolute Gasteiger partial charge is 0.396 e. The zero-order chi connectivity index (χ0) is 13.9. The van der Waals surface area contributed by atoms with Crippen molar-refractivity contribution in [2.24, 2.45) is 0 Å². The molecule has 0 fully saturated rings. The Bertz CT molecular complexity index is 323. The molecule has 0 radical (unpaired) electrons. The molecule has 0 bridgehead atoms. The predicted octanol–water partition coefficient (Wildman–Crippen LogP) is 0.914. The molecule has 3 N–H and O–H groups in total. The Labute approximate surface area is 114 Å². The molecule has 0 spiro atoms. The number of aliphatic hydroxyl groups is 3. The third kappa shape index (κ3) is 7.28. The Balaban J connectivity index is 2.15. The Morgan fingerprint density at radius 3 is 2.05 bits per heavy atom. The molecule has 0 saturated carbocycles. The molecule has 1 atom stereocenters. The third-order valence-electron chi connectivity index (χ3n) is 2.92. The maximum Gasteiger partial charge on any atom is 0.100 e. The van der Waals surface area contributed by atoms with Crippen LogP contribution in [0.5, 0.6) is 0 Å². The van der Waals surface area contributed by atoms with E-state index in [1.54, 1.807) is 0 Å². The smallest absolute Gasteiger partial charge is 0.100 e. The summed E-state index contributed by atoms with van der Waals surface area (Å²) in [7, 11) is 0. The molecule has 0 amide bonds. The summed E-state index contributed by atoms with van der Waals surface area (Å²) in [5, 5.41) is 26.5. The average Bonchev–Trinajstić information content (AvgIpc) is 2.45. The molecule has 1 aromatic rings. The number of hydrogen-bond donors (Lipinski definition) is 3. The van der Waals surface area contributed by atoms with Crippen LogP contribution in [-0.2, 0) is 17.6 Å². The van der Waals surface area contributed by atoms with Crippen LogP contribution in [0.25, 0.3) is 0 Å². The van der Waals surface area contributed by atoms with Crippen molar-refractivity contribution in [2.75, 3.05) is 26.4 Å². The molecule has 0 heterocycles. The van der Waals surface area contributed by atoms with Crippen LogP contribution in [-0.4, -0.2) is 47.9 Å². The van der Waals surface area contributed by atoms with Gasteiger partial charge in [-0.25, -0.2) is 0 Å². The first-order valence-electron chi connectivity index (χ1n) is 6.81. The van der Waals surface area contributed by atoms with Crippen LogP contribution in [0.4, 0.5) is 0 Å². The topological polar surface area (TPSA) is 69.9 Å². The van der Waals surface area contributed by atoms with E-state index < -0.39 is 6.10 Å². The average molecular weight is 268 g/mol. The summed E-state index contributed by atoms with van der Waals surface area (Å²) >= 11 is 0. The van der Waals surface area contributed by atoms with E-state index in [9.17, 15) is 0 Å². The van der Waals surface area contributed by atoms with Crippen LogP contribution < -0.4 is 0 Å². The van der Waals surface area contributed by atoms with Crippen molar-refractivity contribution in [2.45, 2.75) is 31.8 Å². The molecular weight excluding hydrogens is 244 g/mol. The Kier molecular flexibility index (Phi) is 8.41. The first-order valence-corrected chi connectivity index (χ1v) is 6.81. The number of hydrogen-bond acceptors (Lipinski definition) is 4. The van der Waals surface area contributed by atoms with Gasteiger partial charge in [-0.3, -0.25) is 0 Å². The van der Waals surface area contributed by atoms with E-state index in [4.69, 9.17) is 20.1 Å². The number of benzene rings is 1. The van der Waals surface area contributed by atoms with Crippen molar-refractivity contribution in [3.63, 3.8) is 0 Å². The zero-order valence-electron chi connectivity index (χ0n) is 11.3. The first-order chi connectivity index (χ1) is 9.26. The molecular formula is C15H24O4.